The molecule has 0 aliphatic heterocycles. The maximum absolute atomic E-state index is 4.95. The van der Waals surface area contributed by atoms with Crippen molar-refractivity contribution in [2.24, 2.45) is 0 Å². The minimum absolute atomic E-state index is 0.951. The second-order valence-electron chi connectivity index (χ2n) is 14.3. The first kappa shape index (κ1) is 28.6. The summed E-state index contributed by atoms with van der Waals surface area (Å²) in [5, 5.41) is 18.1. The van der Waals surface area contributed by atoms with Crippen molar-refractivity contribution in [1.29, 1.82) is 0 Å². The van der Waals surface area contributed by atoms with Crippen LogP contribution in [0.2, 0.25) is 0 Å². The predicted octanol–water partition coefficient (Wildman–Crippen LogP) is 13.8. The molecule has 0 saturated heterocycles. The lowest BCUT2D eigenvalue weighted by molar-refractivity contribution is 1.19. The number of imidazole rings is 1. The lowest BCUT2D eigenvalue weighted by atomic mass is 9.85. The summed E-state index contributed by atoms with van der Waals surface area (Å²) in [5.74, 6) is 0. The van der Waals surface area contributed by atoms with E-state index in [4.69, 9.17) is 4.98 Å². The van der Waals surface area contributed by atoms with Crippen molar-refractivity contribution in [3.05, 3.63) is 182 Å². The van der Waals surface area contributed by atoms with Crippen LogP contribution in [0, 0.1) is 0 Å². The van der Waals surface area contributed by atoms with Crippen LogP contribution in [0.1, 0.15) is 0 Å². The largest absolute Gasteiger partial charge is 0.306 e. The van der Waals surface area contributed by atoms with Crippen molar-refractivity contribution in [1.82, 2.24) is 9.38 Å². The van der Waals surface area contributed by atoms with Gasteiger partial charge in [-0.2, -0.15) is 0 Å². The van der Waals surface area contributed by atoms with E-state index in [1.54, 1.807) is 0 Å². The minimum atomic E-state index is 0.951. The van der Waals surface area contributed by atoms with Crippen molar-refractivity contribution >= 4 is 81.1 Å². The Morgan fingerprint density at radius 2 is 0.849 bits per heavy atom. The molecule has 0 saturated carbocycles. The summed E-state index contributed by atoms with van der Waals surface area (Å²) in [4.78, 5) is 4.95. The molecule has 244 valence electrons. The van der Waals surface area contributed by atoms with Gasteiger partial charge < -0.3 is 4.40 Å². The average Bonchev–Trinajstić information content (AvgIpc) is 3.66. The zero-order chi connectivity index (χ0) is 34.6. The molecule has 0 atom stereocenters. The summed E-state index contributed by atoms with van der Waals surface area (Å²) < 4.78 is 2.09. The summed E-state index contributed by atoms with van der Waals surface area (Å²) >= 11 is 0. The van der Waals surface area contributed by atoms with Gasteiger partial charge in [0.1, 0.15) is 5.65 Å². The molecule has 0 unspecified atom stereocenters. The third kappa shape index (κ3) is 4.06. The monoisotopic (exact) mass is 670 g/mol. The van der Waals surface area contributed by atoms with Gasteiger partial charge >= 0.3 is 0 Å². The Bertz CT molecular complexity index is 3410. The fourth-order valence-electron chi connectivity index (χ4n) is 9.21. The molecule has 0 aliphatic carbocycles. The molecule has 12 aromatic rings. The van der Waals surface area contributed by atoms with Crippen molar-refractivity contribution in [3.8, 4) is 33.5 Å². The summed E-state index contributed by atoms with van der Waals surface area (Å²) in [6.07, 6.45) is 4.17. The molecule has 2 nitrogen and oxygen atoms in total. The molecule has 2 aromatic heterocycles. The van der Waals surface area contributed by atoms with Gasteiger partial charge in [0.25, 0.3) is 0 Å². The Balaban J connectivity index is 1.08. The second kappa shape index (κ2) is 10.7. The molecule has 0 bridgehead atoms. The number of aromatic nitrogens is 2. The van der Waals surface area contributed by atoms with E-state index in [2.05, 4.69) is 175 Å². The lowest BCUT2D eigenvalue weighted by Crippen LogP contribution is -1.90. The van der Waals surface area contributed by atoms with E-state index in [0.717, 1.165) is 16.9 Å². The van der Waals surface area contributed by atoms with Gasteiger partial charge in [0.2, 0.25) is 0 Å². The van der Waals surface area contributed by atoms with Gasteiger partial charge in [-0.1, -0.05) is 152 Å². The van der Waals surface area contributed by atoms with Crippen LogP contribution >= 0.6 is 0 Å². The van der Waals surface area contributed by atoms with Crippen molar-refractivity contribution < 1.29 is 0 Å². The van der Waals surface area contributed by atoms with E-state index in [9.17, 15) is 0 Å². The van der Waals surface area contributed by atoms with E-state index in [-0.39, 0.29) is 0 Å². The fourth-order valence-corrected chi connectivity index (χ4v) is 9.21. The Hall–Kier alpha value is -7.03. The van der Waals surface area contributed by atoms with Gasteiger partial charge in [-0.3, -0.25) is 0 Å². The summed E-state index contributed by atoms with van der Waals surface area (Å²) in [7, 11) is 0. The molecule has 53 heavy (non-hydrogen) atoms. The van der Waals surface area contributed by atoms with Gasteiger partial charge in [-0.05, 0) is 116 Å². The highest BCUT2D eigenvalue weighted by Gasteiger charge is 2.18. The molecular weight excluding hydrogens is 641 g/mol. The molecule has 0 N–H and O–H groups in total. The lowest BCUT2D eigenvalue weighted by Gasteiger charge is -2.18. The van der Waals surface area contributed by atoms with E-state index in [1.807, 2.05) is 12.1 Å². The highest BCUT2D eigenvalue weighted by atomic mass is 15.0. The molecule has 0 aliphatic rings. The predicted molar refractivity (Wildman–Crippen MR) is 225 cm³/mol. The quantitative estimate of drug-likeness (QED) is 0.171. The molecule has 0 spiro atoms. The van der Waals surface area contributed by atoms with Gasteiger partial charge in [0.05, 0.1) is 5.69 Å². The van der Waals surface area contributed by atoms with E-state index in [0.29, 0.717) is 0 Å². The molecule has 12 rings (SSSR count). The molecule has 0 radical (unpaired) electrons. The summed E-state index contributed by atoms with van der Waals surface area (Å²) in [6.45, 7) is 0. The molecule has 2 heteroatoms. The SMILES string of the molecule is c1ccc2c(-c3cn4ccccc4n3)ccc(-c3ccc(-c4cc5cccc6c7cccc8ccc9cccc(c%10cccc4c%10c56)c9c87)cc3)c2c1. The number of fused-ring (bicyclic) bond motifs is 4. The van der Waals surface area contributed by atoms with Crippen LogP contribution in [0.4, 0.5) is 0 Å². The normalized spacial score (nSPS) is 12.2. The van der Waals surface area contributed by atoms with Crippen LogP contribution in [0.3, 0.4) is 0 Å². The molecular formula is C51H30N2. The maximum Gasteiger partial charge on any atom is 0.137 e. The standard InChI is InChI=1S/C51H30N2/c1-2-13-38-37(12-1)36(26-27-39(38)46-30-53-28-4-3-19-47(53)52-46)31-20-22-32(23-21-31)45-29-35-11-7-16-41-40-14-5-9-33-24-25-34-10-6-15-42(49(34)48(33)40)43-17-8-18-44(45)51(43)50(35)41/h1-30H. The van der Waals surface area contributed by atoms with E-state index in [1.165, 1.54) is 97.7 Å². The van der Waals surface area contributed by atoms with Crippen LogP contribution in [0.25, 0.3) is 115 Å². The van der Waals surface area contributed by atoms with Crippen molar-refractivity contribution in [2.75, 3.05) is 0 Å². The summed E-state index contributed by atoms with van der Waals surface area (Å²) in [6, 6.07) is 62.8. The molecule has 0 amide bonds. The summed E-state index contributed by atoms with van der Waals surface area (Å²) in [5.41, 5.74) is 7.97. The molecule has 2 heterocycles. The molecule has 0 fully saturated rings. The number of pyridine rings is 1. The van der Waals surface area contributed by atoms with Gasteiger partial charge in [0.15, 0.2) is 0 Å². The van der Waals surface area contributed by atoms with Crippen LogP contribution in [0.15, 0.2) is 182 Å². The Kier molecular flexibility index (Phi) is 5.80. The fraction of sp³-hybridized carbons (Fsp3) is 0. The zero-order valence-electron chi connectivity index (χ0n) is 28.7. The van der Waals surface area contributed by atoms with Crippen molar-refractivity contribution in [3.63, 3.8) is 0 Å². The van der Waals surface area contributed by atoms with Crippen LogP contribution in [0.5, 0.6) is 0 Å². The van der Waals surface area contributed by atoms with Gasteiger partial charge in [-0.15, -0.1) is 0 Å². The number of hydrogen-bond acceptors (Lipinski definition) is 1. The first-order chi connectivity index (χ1) is 26.3. The van der Waals surface area contributed by atoms with Crippen molar-refractivity contribution in [2.45, 2.75) is 0 Å². The highest BCUT2D eigenvalue weighted by Crippen LogP contribution is 2.46. The smallest absolute Gasteiger partial charge is 0.137 e. The van der Waals surface area contributed by atoms with Crippen LogP contribution < -0.4 is 0 Å². The zero-order valence-corrected chi connectivity index (χ0v) is 28.7. The number of nitrogens with zero attached hydrogens (tertiary/aromatic N) is 2. The number of hydrogen-bond donors (Lipinski definition) is 0. The topological polar surface area (TPSA) is 17.3 Å². The van der Waals surface area contributed by atoms with Crippen LogP contribution in [-0.2, 0) is 0 Å². The second-order valence-corrected chi connectivity index (χ2v) is 14.3. The maximum atomic E-state index is 4.95. The van der Waals surface area contributed by atoms with Gasteiger partial charge in [0, 0.05) is 18.0 Å². The first-order valence-electron chi connectivity index (χ1n) is 18.3. The Morgan fingerprint density at radius 1 is 0.340 bits per heavy atom. The molecule has 10 aromatic carbocycles. The average molecular weight is 671 g/mol. The van der Waals surface area contributed by atoms with Gasteiger partial charge in [-0.25, -0.2) is 4.98 Å². The Labute approximate surface area is 305 Å². The number of rotatable bonds is 3. The number of benzene rings is 9. The Morgan fingerprint density at radius 3 is 1.53 bits per heavy atom. The third-order valence-electron chi connectivity index (χ3n) is 11.5. The minimum Gasteiger partial charge on any atom is -0.306 e. The highest BCUT2D eigenvalue weighted by molar-refractivity contribution is 6.38. The van der Waals surface area contributed by atoms with E-state index < -0.39 is 0 Å². The third-order valence-corrected chi connectivity index (χ3v) is 11.5. The first-order valence-corrected chi connectivity index (χ1v) is 18.3. The van der Waals surface area contributed by atoms with E-state index >= 15 is 0 Å². The van der Waals surface area contributed by atoms with Crippen LogP contribution in [-0.4, -0.2) is 9.38 Å².